The molecule has 2 aliphatic carbocycles. The van der Waals surface area contributed by atoms with Gasteiger partial charge in [0.1, 0.15) is 0 Å². The highest BCUT2D eigenvalue weighted by Gasteiger charge is 2.27. The molecule has 0 unspecified atom stereocenters. The summed E-state index contributed by atoms with van der Waals surface area (Å²) in [4.78, 5) is 0. The minimum atomic E-state index is 0.999. The molecule has 0 saturated carbocycles. The Hall–Kier alpha value is -3.90. The maximum absolute atomic E-state index is 2.36. The van der Waals surface area contributed by atoms with E-state index in [2.05, 4.69) is 109 Å². The fourth-order valence-electron chi connectivity index (χ4n) is 5.78. The normalized spacial score (nSPS) is 12.8. The topological polar surface area (TPSA) is 0 Å². The van der Waals surface area contributed by atoms with Gasteiger partial charge in [-0.15, -0.1) is 0 Å². The molecule has 0 radical (unpaired) electrons. The Bertz CT molecular complexity index is 1510. The molecule has 32 heavy (non-hydrogen) atoms. The van der Waals surface area contributed by atoms with Crippen LogP contribution in [0.15, 0.2) is 109 Å². The van der Waals surface area contributed by atoms with Crippen LogP contribution in [0.5, 0.6) is 0 Å². The average molecular weight is 407 g/mol. The van der Waals surface area contributed by atoms with Gasteiger partial charge in [-0.25, -0.2) is 0 Å². The molecule has 0 spiro atoms. The number of fused-ring (bicyclic) bond motifs is 6. The van der Waals surface area contributed by atoms with Crippen molar-refractivity contribution in [2.75, 3.05) is 0 Å². The van der Waals surface area contributed by atoms with Gasteiger partial charge in [0.05, 0.1) is 0 Å². The summed E-state index contributed by atoms with van der Waals surface area (Å²) >= 11 is 0. The van der Waals surface area contributed by atoms with E-state index in [4.69, 9.17) is 0 Å². The predicted octanol–water partition coefficient (Wildman–Crippen LogP) is 8.16. The monoisotopic (exact) mass is 406 g/mol. The molecule has 0 aliphatic heterocycles. The van der Waals surface area contributed by atoms with Gasteiger partial charge in [0, 0.05) is 0 Å². The van der Waals surface area contributed by atoms with E-state index < -0.39 is 0 Å². The van der Waals surface area contributed by atoms with Gasteiger partial charge in [-0.3, -0.25) is 0 Å². The third-order valence-electron chi connectivity index (χ3n) is 7.19. The van der Waals surface area contributed by atoms with Crippen molar-refractivity contribution in [2.45, 2.75) is 12.8 Å². The van der Waals surface area contributed by atoms with Crippen molar-refractivity contribution in [3.63, 3.8) is 0 Å². The molecule has 2 aliphatic rings. The molecule has 0 amide bonds. The molecule has 0 bridgehead atoms. The summed E-state index contributed by atoms with van der Waals surface area (Å²) in [5.41, 5.74) is 16.8. The Morgan fingerprint density at radius 3 is 1.56 bits per heavy atom. The fraction of sp³-hybridized carbons (Fsp3) is 0.0625. The highest BCUT2D eigenvalue weighted by Crippen LogP contribution is 2.48. The lowest BCUT2D eigenvalue weighted by Gasteiger charge is -2.18. The molecule has 150 valence electrons. The Balaban J connectivity index is 1.51. The van der Waals surface area contributed by atoms with Gasteiger partial charge in [0.25, 0.3) is 0 Å². The number of hydrogen-bond donors (Lipinski definition) is 0. The number of hydrogen-bond acceptors (Lipinski definition) is 0. The van der Waals surface area contributed by atoms with Gasteiger partial charge in [-0.1, -0.05) is 109 Å². The largest absolute Gasteiger partial charge is 0.0622 e. The molecule has 0 aromatic heterocycles. The molecular weight excluding hydrogens is 384 g/mol. The second-order valence-corrected chi connectivity index (χ2v) is 8.88. The van der Waals surface area contributed by atoms with Crippen LogP contribution in [0, 0.1) is 0 Å². The smallest absolute Gasteiger partial charge is 0.000706 e. The summed E-state index contributed by atoms with van der Waals surface area (Å²) in [5.74, 6) is 0. The highest BCUT2D eigenvalue weighted by atomic mass is 14.3. The first-order valence-electron chi connectivity index (χ1n) is 11.4. The molecule has 0 nitrogen and oxygen atoms in total. The van der Waals surface area contributed by atoms with E-state index in [-0.39, 0.29) is 0 Å². The molecule has 0 heteroatoms. The van der Waals surface area contributed by atoms with Crippen molar-refractivity contribution in [1.29, 1.82) is 0 Å². The van der Waals surface area contributed by atoms with Crippen molar-refractivity contribution < 1.29 is 0 Å². The lowest BCUT2D eigenvalue weighted by molar-refractivity contribution is 1.25. The van der Waals surface area contributed by atoms with Crippen LogP contribution in [-0.4, -0.2) is 0 Å². The van der Waals surface area contributed by atoms with Crippen LogP contribution in [-0.2, 0) is 12.8 Å². The Kier molecular flexibility index (Phi) is 3.77. The molecule has 0 saturated heterocycles. The van der Waals surface area contributed by atoms with Crippen molar-refractivity contribution in [3.8, 4) is 44.5 Å². The van der Waals surface area contributed by atoms with Crippen molar-refractivity contribution in [1.82, 2.24) is 0 Å². The van der Waals surface area contributed by atoms with Crippen LogP contribution in [0.3, 0.4) is 0 Å². The summed E-state index contributed by atoms with van der Waals surface area (Å²) in [6.45, 7) is 0. The summed E-state index contributed by atoms with van der Waals surface area (Å²) in [5, 5.41) is 0. The SMILES string of the molecule is c1ccc(-c2c(-c3cccc4c3Cc3ccccc3-4)ccc3c2Cc2ccccc2-3)cc1. The van der Waals surface area contributed by atoms with E-state index in [1.807, 2.05) is 0 Å². The second kappa shape index (κ2) is 6.80. The summed E-state index contributed by atoms with van der Waals surface area (Å²) in [6.07, 6.45) is 2.01. The molecule has 0 fully saturated rings. The van der Waals surface area contributed by atoms with Crippen LogP contribution in [0.4, 0.5) is 0 Å². The lowest BCUT2D eigenvalue weighted by Crippen LogP contribution is -1.95. The van der Waals surface area contributed by atoms with E-state index in [9.17, 15) is 0 Å². The molecule has 5 aromatic carbocycles. The molecule has 0 atom stereocenters. The zero-order chi connectivity index (χ0) is 21.1. The van der Waals surface area contributed by atoms with Gasteiger partial charge in [0.2, 0.25) is 0 Å². The van der Waals surface area contributed by atoms with E-state index >= 15 is 0 Å². The van der Waals surface area contributed by atoms with Gasteiger partial charge in [0.15, 0.2) is 0 Å². The first-order chi connectivity index (χ1) is 15.9. The Labute approximate surface area is 188 Å². The zero-order valence-corrected chi connectivity index (χ0v) is 17.8. The average Bonchev–Trinajstić information content (AvgIpc) is 3.42. The lowest BCUT2D eigenvalue weighted by atomic mass is 9.85. The summed E-state index contributed by atoms with van der Waals surface area (Å²) in [6, 6.07) is 40.2. The van der Waals surface area contributed by atoms with Gasteiger partial charge in [-0.05, 0) is 79.6 Å². The second-order valence-electron chi connectivity index (χ2n) is 8.88. The Morgan fingerprint density at radius 2 is 0.844 bits per heavy atom. The van der Waals surface area contributed by atoms with Crippen LogP contribution in [0.1, 0.15) is 22.3 Å². The third kappa shape index (κ3) is 2.50. The van der Waals surface area contributed by atoms with Crippen LogP contribution in [0.2, 0.25) is 0 Å². The van der Waals surface area contributed by atoms with Crippen LogP contribution < -0.4 is 0 Å². The summed E-state index contributed by atoms with van der Waals surface area (Å²) < 4.78 is 0. The van der Waals surface area contributed by atoms with Gasteiger partial charge in [-0.2, -0.15) is 0 Å². The van der Waals surface area contributed by atoms with Gasteiger partial charge >= 0.3 is 0 Å². The summed E-state index contributed by atoms with van der Waals surface area (Å²) in [7, 11) is 0. The van der Waals surface area contributed by atoms with E-state index in [1.165, 1.54) is 66.8 Å². The Morgan fingerprint density at radius 1 is 0.344 bits per heavy atom. The van der Waals surface area contributed by atoms with Crippen molar-refractivity contribution >= 4 is 0 Å². The predicted molar refractivity (Wildman–Crippen MR) is 134 cm³/mol. The van der Waals surface area contributed by atoms with Gasteiger partial charge < -0.3 is 0 Å². The highest BCUT2D eigenvalue weighted by molar-refractivity contribution is 5.96. The van der Waals surface area contributed by atoms with E-state index in [0.29, 0.717) is 0 Å². The first-order valence-corrected chi connectivity index (χ1v) is 11.4. The molecule has 0 N–H and O–H groups in total. The quantitative estimate of drug-likeness (QED) is 0.272. The molecule has 5 aromatic rings. The van der Waals surface area contributed by atoms with Crippen LogP contribution in [0.25, 0.3) is 44.5 Å². The third-order valence-corrected chi connectivity index (χ3v) is 7.19. The fourth-order valence-corrected chi connectivity index (χ4v) is 5.78. The number of rotatable bonds is 2. The minimum absolute atomic E-state index is 0.999. The van der Waals surface area contributed by atoms with Crippen LogP contribution >= 0.6 is 0 Å². The standard InChI is InChI=1S/C32H22/c1-2-9-21(10-3-1)32-29(18-17-28-25-14-7-5-12-23(25)20-31(28)32)27-16-8-15-26-24-13-6-4-11-22(24)19-30(26)27/h1-18H,19-20H2. The van der Waals surface area contributed by atoms with Crippen molar-refractivity contribution in [3.05, 3.63) is 131 Å². The van der Waals surface area contributed by atoms with E-state index in [0.717, 1.165) is 12.8 Å². The number of benzene rings is 5. The molecule has 0 heterocycles. The first kappa shape index (κ1) is 17.7. The minimum Gasteiger partial charge on any atom is -0.0622 e. The molecular formula is C32H22. The van der Waals surface area contributed by atoms with E-state index in [1.54, 1.807) is 0 Å². The maximum Gasteiger partial charge on any atom is -0.000706 e. The molecule has 7 rings (SSSR count). The maximum atomic E-state index is 2.36. The zero-order valence-electron chi connectivity index (χ0n) is 17.8. The van der Waals surface area contributed by atoms with Crippen molar-refractivity contribution in [2.24, 2.45) is 0 Å².